The number of halogens is 2. The Bertz CT molecular complexity index is 669. The molecule has 0 aliphatic carbocycles. The van der Waals surface area contributed by atoms with Crippen LogP contribution in [0, 0.1) is 0 Å². The molecule has 0 spiro atoms. The summed E-state index contributed by atoms with van der Waals surface area (Å²) in [6, 6.07) is 12.1. The molecule has 0 saturated carbocycles. The number of esters is 1. The molecule has 0 N–H and O–H groups in total. The van der Waals surface area contributed by atoms with Crippen LogP contribution in [-0.4, -0.2) is 12.2 Å². The Hall–Kier alpha value is -1.84. The van der Waals surface area contributed by atoms with Gasteiger partial charge in [-0.25, -0.2) is 0 Å². The summed E-state index contributed by atoms with van der Waals surface area (Å²) in [5, 5.41) is 1.07. The summed E-state index contributed by atoms with van der Waals surface area (Å²) >= 11 is 11.9. The van der Waals surface area contributed by atoms with Gasteiger partial charge in [-0.05, 0) is 24.3 Å². The van der Waals surface area contributed by atoms with E-state index in [-0.39, 0.29) is 0 Å². The molecule has 2 rings (SSSR count). The van der Waals surface area contributed by atoms with E-state index in [9.17, 15) is 4.79 Å². The van der Waals surface area contributed by atoms with Crippen molar-refractivity contribution in [1.29, 1.82) is 0 Å². The topological polar surface area (TPSA) is 38.7 Å². The number of carbonyl (C=O) groups is 1. The minimum absolute atomic E-state index is 0.392. The van der Waals surface area contributed by atoms with Gasteiger partial charge >= 0.3 is 5.97 Å². The third kappa shape index (κ3) is 3.83. The van der Waals surface area contributed by atoms with Crippen LogP contribution >= 0.6 is 23.2 Å². The number of hydrogen-bond donors (Lipinski definition) is 0. The Morgan fingerprint density at radius 1 is 1.20 bits per heavy atom. The number of hydrogen-bond acceptors (Lipinski definition) is 3. The molecule has 0 unspecified atom stereocenters. The predicted molar refractivity (Wildman–Crippen MR) is 81.5 cm³/mol. The van der Waals surface area contributed by atoms with E-state index in [1.54, 1.807) is 42.6 Å². The normalized spacial score (nSPS) is 10.8. The van der Waals surface area contributed by atoms with Crippen LogP contribution in [0.3, 0.4) is 0 Å². The quantitative estimate of drug-likeness (QED) is 0.469. The molecular weight excluding hydrogens is 297 g/mol. The van der Waals surface area contributed by atoms with Crippen molar-refractivity contribution in [3.05, 3.63) is 58.1 Å². The molecule has 0 aliphatic heterocycles. The molecule has 102 valence electrons. The molecule has 0 fully saturated rings. The number of benzene rings is 2. The number of aliphatic imine (C=N–C) groups is 1. The summed E-state index contributed by atoms with van der Waals surface area (Å²) in [5.41, 5.74) is 1.28. The fraction of sp³-hybridized carbons (Fsp3) is 0.0667. The summed E-state index contributed by atoms with van der Waals surface area (Å²) in [5.74, 6) is 0.0125. The molecule has 2 aromatic carbocycles. The summed E-state index contributed by atoms with van der Waals surface area (Å²) in [6.07, 6.45) is 1.60. The Morgan fingerprint density at radius 2 is 1.95 bits per heavy atom. The maximum atomic E-state index is 11.0. The molecule has 2 aromatic rings. The highest BCUT2D eigenvalue weighted by atomic mass is 35.5. The van der Waals surface area contributed by atoms with Crippen molar-refractivity contribution >= 4 is 41.1 Å². The average Bonchev–Trinajstić information content (AvgIpc) is 2.39. The fourth-order valence-corrected chi connectivity index (χ4v) is 2.01. The van der Waals surface area contributed by atoms with E-state index in [0.717, 1.165) is 5.56 Å². The highest BCUT2D eigenvalue weighted by molar-refractivity contribution is 6.36. The van der Waals surface area contributed by atoms with Crippen molar-refractivity contribution in [1.82, 2.24) is 0 Å². The first-order valence-electron chi connectivity index (χ1n) is 5.83. The lowest BCUT2D eigenvalue weighted by Crippen LogP contribution is -2.01. The van der Waals surface area contributed by atoms with Gasteiger partial charge in [0.15, 0.2) is 5.75 Å². The number of carbonyl (C=O) groups excluding carboxylic acids is 1. The molecule has 0 bridgehead atoms. The monoisotopic (exact) mass is 307 g/mol. The van der Waals surface area contributed by atoms with Gasteiger partial charge in [0.2, 0.25) is 0 Å². The van der Waals surface area contributed by atoms with Crippen molar-refractivity contribution in [3.8, 4) is 5.75 Å². The number of para-hydroxylation sites is 2. The van der Waals surface area contributed by atoms with Gasteiger partial charge < -0.3 is 4.74 Å². The van der Waals surface area contributed by atoms with E-state index < -0.39 is 5.97 Å². The lowest BCUT2D eigenvalue weighted by atomic mass is 10.2. The van der Waals surface area contributed by atoms with Crippen molar-refractivity contribution in [3.63, 3.8) is 0 Å². The number of ether oxygens (including phenoxy) is 1. The molecular formula is C15H11Cl2NO2. The van der Waals surface area contributed by atoms with Crippen LogP contribution in [0.15, 0.2) is 47.5 Å². The van der Waals surface area contributed by atoms with Crippen molar-refractivity contribution < 1.29 is 9.53 Å². The smallest absolute Gasteiger partial charge is 0.308 e. The molecule has 5 heteroatoms. The Morgan fingerprint density at radius 3 is 2.65 bits per heavy atom. The van der Waals surface area contributed by atoms with E-state index in [4.69, 9.17) is 27.9 Å². The number of rotatable bonds is 3. The molecule has 0 heterocycles. The second-order valence-corrected chi connectivity index (χ2v) is 4.83. The van der Waals surface area contributed by atoms with Gasteiger partial charge in [0.25, 0.3) is 0 Å². The van der Waals surface area contributed by atoms with Crippen LogP contribution < -0.4 is 4.74 Å². The van der Waals surface area contributed by atoms with Gasteiger partial charge in [-0.1, -0.05) is 41.4 Å². The molecule has 20 heavy (non-hydrogen) atoms. The maximum absolute atomic E-state index is 11.0. The minimum Gasteiger partial charge on any atom is -0.424 e. The van der Waals surface area contributed by atoms with Crippen LogP contribution in [0.25, 0.3) is 0 Å². The van der Waals surface area contributed by atoms with Crippen LogP contribution in [0.1, 0.15) is 12.5 Å². The third-order valence-corrected chi connectivity index (χ3v) is 2.99. The average molecular weight is 308 g/mol. The van der Waals surface area contributed by atoms with E-state index in [0.29, 0.717) is 21.5 Å². The van der Waals surface area contributed by atoms with Gasteiger partial charge in [0, 0.05) is 23.7 Å². The molecule has 0 saturated heterocycles. The largest absolute Gasteiger partial charge is 0.424 e. The van der Waals surface area contributed by atoms with Crippen LogP contribution in [-0.2, 0) is 4.79 Å². The molecule has 0 radical (unpaired) electrons. The van der Waals surface area contributed by atoms with Gasteiger partial charge in [0.05, 0.1) is 5.02 Å². The molecule has 0 aromatic heterocycles. The lowest BCUT2D eigenvalue weighted by molar-refractivity contribution is -0.131. The highest BCUT2D eigenvalue weighted by Crippen LogP contribution is 2.27. The maximum Gasteiger partial charge on any atom is 0.308 e. The summed E-state index contributed by atoms with van der Waals surface area (Å²) in [6.45, 7) is 1.34. The van der Waals surface area contributed by atoms with E-state index in [1.807, 2.05) is 6.07 Å². The standard InChI is InChI=1S/C15H11Cl2NO2/c1-10(19)20-15-5-3-2-4-14(15)18-9-11-6-7-12(16)8-13(11)17/h2-9H,1H3. The Labute approximate surface area is 126 Å². The van der Waals surface area contributed by atoms with Crippen LogP contribution in [0.5, 0.6) is 5.75 Å². The Balaban J connectivity index is 2.29. The van der Waals surface area contributed by atoms with E-state index in [2.05, 4.69) is 4.99 Å². The lowest BCUT2D eigenvalue weighted by Gasteiger charge is -2.04. The molecule has 3 nitrogen and oxygen atoms in total. The zero-order valence-corrected chi connectivity index (χ0v) is 12.2. The van der Waals surface area contributed by atoms with Gasteiger partial charge in [-0.15, -0.1) is 0 Å². The van der Waals surface area contributed by atoms with Crippen molar-refractivity contribution in [2.24, 2.45) is 4.99 Å². The SMILES string of the molecule is CC(=O)Oc1ccccc1N=Cc1ccc(Cl)cc1Cl. The van der Waals surface area contributed by atoms with Crippen molar-refractivity contribution in [2.45, 2.75) is 6.92 Å². The van der Waals surface area contributed by atoms with Gasteiger partial charge in [-0.2, -0.15) is 0 Å². The molecule has 0 amide bonds. The van der Waals surface area contributed by atoms with Crippen molar-refractivity contribution in [2.75, 3.05) is 0 Å². The minimum atomic E-state index is -0.392. The van der Waals surface area contributed by atoms with Crippen LogP contribution in [0.4, 0.5) is 5.69 Å². The highest BCUT2D eigenvalue weighted by Gasteiger charge is 2.04. The summed E-state index contributed by atoms with van der Waals surface area (Å²) in [7, 11) is 0. The van der Waals surface area contributed by atoms with E-state index in [1.165, 1.54) is 6.92 Å². The molecule has 0 aliphatic rings. The van der Waals surface area contributed by atoms with Crippen LogP contribution in [0.2, 0.25) is 10.0 Å². The van der Waals surface area contributed by atoms with Gasteiger partial charge in [-0.3, -0.25) is 9.79 Å². The first-order valence-corrected chi connectivity index (χ1v) is 6.58. The first kappa shape index (κ1) is 14.6. The fourth-order valence-electron chi connectivity index (χ4n) is 1.55. The Kier molecular flexibility index (Phi) is 4.77. The zero-order valence-electron chi connectivity index (χ0n) is 10.6. The first-order chi connectivity index (χ1) is 9.56. The third-order valence-electron chi connectivity index (χ3n) is 2.42. The van der Waals surface area contributed by atoms with Gasteiger partial charge in [0.1, 0.15) is 5.69 Å². The summed E-state index contributed by atoms with van der Waals surface area (Å²) < 4.78 is 5.08. The second kappa shape index (κ2) is 6.55. The number of nitrogens with zero attached hydrogens (tertiary/aromatic N) is 1. The second-order valence-electron chi connectivity index (χ2n) is 3.99. The zero-order chi connectivity index (χ0) is 14.5. The predicted octanol–water partition coefficient (Wildman–Crippen LogP) is 4.67. The van der Waals surface area contributed by atoms with E-state index >= 15 is 0 Å². The molecule has 0 atom stereocenters. The summed E-state index contributed by atoms with van der Waals surface area (Å²) in [4.78, 5) is 15.3.